The molecule has 0 bridgehead atoms. The Bertz CT molecular complexity index is 587. The van der Waals surface area contributed by atoms with Crippen molar-refractivity contribution in [1.82, 2.24) is 15.1 Å². The summed E-state index contributed by atoms with van der Waals surface area (Å²) in [4.78, 5) is 10.0. The number of aryl methyl sites for hydroxylation is 1. The third-order valence-corrected chi connectivity index (χ3v) is 5.71. The summed E-state index contributed by atoms with van der Waals surface area (Å²) in [7, 11) is 0. The first kappa shape index (κ1) is 23.3. The maximum Gasteiger partial charge on any atom is 0.193 e. The highest BCUT2D eigenvalue weighted by Gasteiger charge is 2.26. The van der Waals surface area contributed by atoms with E-state index >= 15 is 0 Å². The highest BCUT2D eigenvalue weighted by atomic mass is 127. The Kier molecular flexibility index (Phi) is 10.4. The summed E-state index contributed by atoms with van der Waals surface area (Å²) in [6, 6.07) is 7.51. The number of nitrogens with one attached hydrogen (secondary N) is 1. The standard InChI is InChI=1S/C22H36N4O.HI/c1-2-23-22(24-13-6-7-19-8-10-21(27)11-9-19)26-16-12-20(18-26)17-25-14-4-3-5-15-25;/h8-11,20,27H,2-7,12-18H2,1H3,(H,23,24);1H. The Balaban J connectivity index is 0.00000280. The molecule has 2 fully saturated rings. The molecule has 28 heavy (non-hydrogen) atoms. The van der Waals surface area contributed by atoms with E-state index in [-0.39, 0.29) is 24.0 Å². The number of phenols is 1. The zero-order valence-electron chi connectivity index (χ0n) is 17.3. The van der Waals surface area contributed by atoms with Gasteiger partial charge in [0.15, 0.2) is 5.96 Å². The van der Waals surface area contributed by atoms with Gasteiger partial charge < -0.3 is 20.2 Å². The molecular formula is C22H37IN4O. The van der Waals surface area contributed by atoms with Gasteiger partial charge >= 0.3 is 0 Å². The lowest BCUT2D eigenvalue weighted by atomic mass is 10.1. The number of hydrogen-bond acceptors (Lipinski definition) is 3. The molecule has 1 aromatic carbocycles. The van der Waals surface area contributed by atoms with Crippen molar-refractivity contribution >= 4 is 29.9 Å². The van der Waals surface area contributed by atoms with Crippen LogP contribution in [0.25, 0.3) is 0 Å². The zero-order chi connectivity index (χ0) is 18.9. The number of phenolic OH excluding ortho intramolecular Hbond substituents is 1. The van der Waals surface area contributed by atoms with Crippen LogP contribution in [0.5, 0.6) is 5.75 Å². The van der Waals surface area contributed by atoms with E-state index in [0.29, 0.717) is 5.75 Å². The van der Waals surface area contributed by atoms with Gasteiger partial charge in [-0.1, -0.05) is 18.6 Å². The van der Waals surface area contributed by atoms with Gasteiger partial charge in [-0.3, -0.25) is 4.99 Å². The first-order valence-corrected chi connectivity index (χ1v) is 10.8. The average molecular weight is 500 g/mol. The van der Waals surface area contributed by atoms with Gasteiger partial charge in [-0.2, -0.15) is 0 Å². The Hall–Kier alpha value is -1.02. The van der Waals surface area contributed by atoms with Crippen molar-refractivity contribution in [2.45, 2.75) is 45.4 Å². The molecule has 0 aliphatic carbocycles. The van der Waals surface area contributed by atoms with E-state index < -0.39 is 0 Å². The molecule has 2 aliphatic heterocycles. The number of nitrogens with zero attached hydrogens (tertiary/aromatic N) is 3. The van der Waals surface area contributed by atoms with E-state index in [1.807, 2.05) is 12.1 Å². The van der Waals surface area contributed by atoms with Crippen LogP contribution in [0, 0.1) is 5.92 Å². The Morgan fingerprint density at radius 2 is 1.89 bits per heavy atom. The van der Waals surface area contributed by atoms with E-state index in [1.54, 1.807) is 12.1 Å². The van der Waals surface area contributed by atoms with Crippen LogP contribution in [0.4, 0.5) is 0 Å². The van der Waals surface area contributed by atoms with Crippen molar-refractivity contribution in [2.75, 3.05) is 45.8 Å². The van der Waals surface area contributed by atoms with Gasteiger partial charge in [-0.05, 0) is 75.7 Å². The van der Waals surface area contributed by atoms with Gasteiger partial charge in [0.05, 0.1) is 0 Å². The molecule has 2 aliphatic rings. The van der Waals surface area contributed by atoms with Crippen LogP contribution in [0.3, 0.4) is 0 Å². The lowest BCUT2D eigenvalue weighted by Crippen LogP contribution is -2.41. The SMILES string of the molecule is CCNC(=NCCCc1ccc(O)cc1)N1CCC(CN2CCCCC2)C1.I. The summed E-state index contributed by atoms with van der Waals surface area (Å²) in [6.45, 7) is 10.0. The predicted molar refractivity (Wildman–Crippen MR) is 128 cm³/mol. The number of guanidine groups is 1. The first-order valence-electron chi connectivity index (χ1n) is 10.8. The fraction of sp³-hybridized carbons (Fsp3) is 0.682. The van der Waals surface area contributed by atoms with Crippen molar-refractivity contribution in [3.63, 3.8) is 0 Å². The molecule has 1 atom stereocenters. The Morgan fingerprint density at radius 1 is 1.14 bits per heavy atom. The third-order valence-electron chi connectivity index (χ3n) is 5.71. The molecule has 0 saturated carbocycles. The van der Waals surface area contributed by atoms with Gasteiger partial charge in [0, 0.05) is 32.7 Å². The van der Waals surface area contributed by atoms with Gasteiger partial charge in [-0.25, -0.2) is 0 Å². The van der Waals surface area contributed by atoms with E-state index in [1.165, 1.54) is 50.9 Å². The minimum Gasteiger partial charge on any atom is -0.508 e. The molecule has 158 valence electrons. The molecule has 0 aromatic heterocycles. The van der Waals surface area contributed by atoms with Crippen LogP contribution >= 0.6 is 24.0 Å². The number of piperidine rings is 1. The maximum absolute atomic E-state index is 9.37. The highest BCUT2D eigenvalue weighted by Crippen LogP contribution is 2.20. The van der Waals surface area contributed by atoms with Crippen LogP contribution in [0.2, 0.25) is 0 Å². The monoisotopic (exact) mass is 500 g/mol. The van der Waals surface area contributed by atoms with Crippen LogP contribution in [-0.4, -0.2) is 66.7 Å². The van der Waals surface area contributed by atoms with E-state index in [0.717, 1.165) is 50.9 Å². The number of likely N-dealkylation sites (tertiary alicyclic amines) is 2. The second kappa shape index (κ2) is 12.5. The quantitative estimate of drug-likeness (QED) is 0.260. The molecule has 3 rings (SSSR count). The predicted octanol–water partition coefficient (Wildman–Crippen LogP) is 3.72. The molecule has 2 heterocycles. The van der Waals surface area contributed by atoms with Gasteiger partial charge in [0.25, 0.3) is 0 Å². The average Bonchev–Trinajstić information content (AvgIpc) is 3.15. The summed E-state index contributed by atoms with van der Waals surface area (Å²) in [5.74, 6) is 2.20. The highest BCUT2D eigenvalue weighted by molar-refractivity contribution is 14.0. The second-order valence-electron chi connectivity index (χ2n) is 7.97. The molecule has 1 unspecified atom stereocenters. The molecule has 5 nitrogen and oxygen atoms in total. The number of halogens is 1. The lowest BCUT2D eigenvalue weighted by Gasteiger charge is -2.29. The summed E-state index contributed by atoms with van der Waals surface area (Å²) < 4.78 is 0. The van der Waals surface area contributed by atoms with Gasteiger partial charge in [0.1, 0.15) is 5.75 Å². The minimum atomic E-state index is 0. The van der Waals surface area contributed by atoms with E-state index in [4.69, 9.17) is 4.99 Å². The van der Waals surface area contributed by atoms with Crippen LogP contribution in [0.15, 0.2) is 29.3 Å². The van der Waals surface area contributed by atoms with E-state index in [9.17, 15) is 5.11 Å². The van der Waals surface area contributed by atoms with Gasteiger partial charge in [-0.15, -0.1) is 24.0 Å². The molecule has 2 N–H and O–H groups in total. The molecular weight excluding hydrogens is 463 g/mol. The Morgan fingerprint density at radius 3 is 2.61 bits per heavy atom. The molecule has 0 spiro atoms. The number of benzene rings is 1. The lowest BCUT2D eigenvalue weighted by molar-refractivity contribution is 0.198. The topological polar surface area (TPSA) is 51.1 Å². The largest absolute Gasteiger partial charge is 0.508 e. The number of aliphatic imine (C=N–C) groups is 1. The van der Waals surface area contributed by atoms with Crippen LogP contribution in [0.1, 0.15) is 44.6 Å². The summed E-state index contributed by atoms with van der Waals surface area (Å²) in [5, 5.41) is 12.9. The smallest absolute Gasteiger partial charge is 0.193 e. The summed E-state index contributed by atoms with van der Waals surface area (Å²) in [6.07, 6.45) is 7.48. The van der Waals surface area contributed by atoms with Crippen molar-refractivity contribution in [3.05, 3.63) is 29.8 Å². The maximum atomic E-state index is 9.37. The number of rotatable bonds is 7. The van der Waals surface area contributed by atoms with Crippen molar-refractivity contribution in [3.8, 4) is 5.75 Å². The molecule has 6 heteroatoms. The normalized spacial score (nSPS) is 20.8. The Labute approximate surface area is 187 Å². The van der Waals surface area contributed by atoms with Crippen LogP contribution < -0.4 is 5.32 Å². The molecule has 0 amide bonds. The number of aromatic hydroxyl groups is 1. The van der Waals surface area contributed by atoms with Crippen molar-refractivity contribution in [1.29, 1.82) is 0 Å². The minimum absolute atomic E-state index is 0. The molecule has 1 aromatic rings. The molecule has 2 saturated heterocycles. The summed E-state index contributed by atoms with van der Waals surface area (Å²) in [5.41, 5.74) is 1.26. The van der Waals surface area contributed by atoms with E-state index in [2.05, 4.69) is 22.0 Å². The fourth-order valence-corrected chi connectivity index (χ4v) is 4.24. The summed E-state index contributed by atoms with van der Waals surface area (Å²) >= 11 is 0. The zero-order valence-corrected chi connectivity index (χ0v) is 19.6. The third kappa shape index (κ3) is 7.43. The van der Waals surface area contributed by atoms with Gasteiger partial charge in [0.2, 0.25) is 0 Å². The first-order chi connectivity index (χ1) is 13.2. The second-order valence-corrected chi connectivity index (χ2v) is 7.97. The number of hydrogen-bond donors (Lipinski definition) is 2. The fourth-order valence-electron chi connectivity index (χ4n) is 4.24. The van der Waals surface area contributed by atoms with Crippen molar-refractivity contribution in [2.24, 2.45) is 10.9 Å². The van der Waals surface area contributed by atoms with Crippen molar-refractivity contribution < 1.29 is 5.11 Å². The van der Waals surface area contributed by atoms with Crippen LogP contribution in [-0.2, 0) is 6.42 Å². The molecule has 0 radical (unpaired) electrons.